The third-order valence-corrected chi connectivity index (χ3v) is 3.19. The normalized spacial score (nSPS) is 12.3. The van der Waals surface area contributed by atoms with Gasteiger partial charge in [0, 0.05) is 30.4 Å². The summed E-state index contributed by atoms with van der Waals surface area (Å²) in [6, 6.07) is 8.44. The second-order valence-electron chi connectivity index (χ2n) is 4.72. The highest BCUT2D eigenvalue weighted by molar-refractivity contribution is 5.36. The molecular weight excluding hydrogens is 250 g/mol. The van der Waals surface area contributed by atoms with Crippen molar-refractivity contribution in [1.29, 1.82) is 0 Å². The molecule has 1 heterocycles. The van der Waals surface area contributed by atoms with Gasteiger partial charge in [0.2, 0.25) is 0 Å². The minimum Gasteiger partial charge on any atom is -0.494 e. The van der Waals surface area contributed by atoms with Gasteiger partial charge < -0.3 is 15.0 Å². The first-order valence-corrected chi connectivity index (χ1v) is 7.28. The smallest absolute Gasteiger partial charge is 0.124 e. The Morgan fingerprint density at radius 1 is 1.30 bits per heavy atom. The van der Waals surface area contributed by atoms with Crippen molar-refractivity contribution in [3.8, 4) is 5.75 Å². The summed E-state index contributed by atoms with van der Waals surface area (Å²) < 4.78 is 5.75. The molecule has 2 N–H and O–H groups in total. The van der Waals surface area contributed by atoms with Gasteiger partial charge in [-0.3, -0.25) is 0 Å². The van der Waals surface area contributed by atoms with E-state index >= 15 is 0 Å². The molecule has 0 saturated carbocycles. The minimum atomic E-state index is 0.212. The molecule has 1 unspecified atom stereocenters. The summed E-state index contributed by atoms with van der Waals surface area (Å²) >= 11 is 0. The number of rotatable bonds is 8. The predicted molar refractivity (Wildman–Crippen MR) is 80.9 cm³/mol. The van der Waals surface area contributed by atoms with E-state index in [4.69, 9.17) is 4.74 Å². The number of nitrogens with one attached hydrogen (secondary N) is 2. The van der Waals surface area contributed by atoms with E-state index in [0.717, 1.165) is 31.0 Å². The third kappa shape index (κ3) is 3.84. The number of H-pyrrole nitrogens is 1. The molecule has 4 heteroatoms. The fraction of sp³-hybridized carbons (Fsp3) is 0.438. The Balaban J connectivity index is 2.20. The van der Waals surface area contributed by atoms with Crippen molar-refractivity contribution in [2.24, 2.45) is 0 Å². The van der Waals surface area contributed by atoms with E-state index in [2.05, 4.69) is 34.3 Å². The van der Waals surface area contributed by atoms with E-state index in [-0.39, 0.29) is 6.04 Å². The lowest BCUT2D eigenvalue weighted by molar-refractivity contribution is 0.330. The van der Waals surface area contributed by atoms with Crippen LogP contribution >= 0.6 is 0 Å². The van der Waals surface area contributed by atoms with Gasteiger partial charge in [-0.15, -0.1) is 0 Å². The first-order chi connectivity index (χ1) is 9.85. The summed E-state index contributed by atoms with van der Waals surface area (Å²) in [7, 11) is 0. The number of ether oxygens (including phenoxy) is 1. The maximum Gasteiger partial charge on any atom is 0.124 e. The fourth-order valence-electron chi connectivity index (χ4n) is 2.27. The van der Waals surface area contributed by atoms with Gasteiger partial charge in [-0.1, -0.05) is 25.1 Å². The molecule has 0 bridgehead atoms. The van der Waals surface area contributed by atoms with Crippen LogP contribution in [-0.2, 0) is 6.42 Å². The minimum absolute atomic E-state index is 0.212. The lowest BCUT2D eigenvalue weighted by Crippen LogP contribution is -2.25. The third-order valence-electron chi connectivity index (χ3n) is 3.19. The van der Waals surface area contributed by atoms with Gasteiger partial charge in [0.1, 0.15) is 11.6 Å². The molecule has 0 radical (unpaired) electrons. The molecule has 0 spiro atoms. The largest absolute Gasteiger partial charge is 0.494 e. The Bertz CT molecular complexity index is 496. The number of hydrogen-bond acceptors (Lipinski definition) is 3. The first-order valence-electron chi connectivity index (χ1n) is 7.28. The van der Waals surface area contributed by atoms with Gasteiger partial charge in [0.05, 0.1) is 6.61 Å². The Kier molecular flexibility index (Phi) is 5.62. The average Bonchev–Trinajstić information content (AvgIpc) is 2.97. The highest BCUT2D eigenvalue weighted by Crippen LogP contribution is 2.27. The van der Waals surface area contributed by atoms with Gasteiger partial charge in [0.25, 0.3) is 0 Å². The molecule has 0 aliphatic rings. The highest BCUT2D eigenvalue weighted by Gasteiger charge is 2.16. The Hall–Kier alpha value is -1.81. The number of para-hydroxylation sites is 1. The van der Waals surface area contributed by atoms with Crippen molar-refractivity contribution in [3.05, 3.63) is 48.0 Å². The summed E-state index contributed by atoms with van der Waals surface area (Å²) in [6.07, 6.45) is 5.59. The van der Waals surface area contributed by atoms with Gasteiger partial charge >= 0.3 is 0 Å². The van der Waals surface area contributed by atoms with Crippen LogP contribution in [0, 0.1) is 0 Å². The van der Waals surface area contributed by atoms with E-state index in [9.17, 15) is 0 Å². The van der Waals surface area contributed by atoms with E-state index in [1.54, 1.807) is 6.20 Å². The highest BCUT2D eigenvalue weighted by atomic mass is 16.5. The van der Waals surface area contributed by atoms with E-state index in [0.29, 0.717) is 6.61 Å². The number of nitrogens with zero attached hydrogens (tertiary/aromatic N) is 1. The van der Waals surface area contributed by atoms with Crippen LogP contribution < -0.4 is 10.1 Å². The molecule has 20 heavy (non-hydrogen) atoms. The molecule has 0 aliphatic heterocycles. The standard InChI is InChI=1S/C16H23N3O/c1-3-9-17-14(12-16-18-10-11-19-16)13-7-5-6-8-15(13)20-4-2/h5-8,10-11,14,17H,3-4,9,12H2,1-2H3,(H,18,19). The molecule has 0 saturated heterocycles. The van der Waals surface area contributed by atoms with Crippen LogP contribution in [0.1, 0.15) is 37.7 Å². The van der Waals surface area contributed by atoms with Gasteiger partial charge in [-0.25, -0.2) is 4.98 Å². The zero-order chi connectivity index (χ0) is 14.2. The summed E-state index contributed by atoms with van der Waals surface area (Å²) in [5.74, 6) is 1.94. The number of imidazole rings is 1. The van der Waals surface area contributed by atoms with Gasteiger partial charge in [0.15, 0.2) is 0 Å². The molecule has 1 aromatic carbocycles. The number of aromatic amines is 1. The maximum atomic E-state index is 5.75. The number of benzene rings is 1. The first kappa shape index (κ1) is 14.6. The molecule has 0 aliphatic carbocycles. The maximum absolute atomic E-state index is 5.75. The quantitative estimate of drug-likeness (QED) is 0.777. The molecule has 1 aromatic heterocycles. The summed E-state index contributed by atoms with van der Waals surface area (Å²) in [4.78, 5) is 7.50. The Morgan fingerprint density at radius 2 is 2.15 bits per heavy atom. The fourth-order valence-corrected chi connectivity index (χ4v) is 2.27. The van der Waals surface area contributed by atoms with Crippen molar-refractivity contribution in [3.63, 3.8) is 0 Å². The summed E-state index contributed by atoms with van der Waals surface area (Å²) in [5.41, 5.74) is 1.19. The Labute approximate surface area is 120 Å². The van der Waals surface area contributed by atoms with Crippen molar-refractivity contribution in [2.75, 3.05) is 13.2 Å². The van der Waals surface area contributed by atoms with Crippen LogP contribution in [0.25, 0.3) is 0 Å². The van der Waals surface area contributed by atoms with Crippen molar-refractivity contribution < 1.29 is 4.74 Å². The topological polar surface area (TPSA) is 49.9 Å². The van der Waals surface area contributed by atoms with Gasteiger partial charge in [-0.2, -0.15) is 0 Å². The molecular formula is C16H23N3O. The van der Waals surface area contributed by atoms with E-state index in [1.807, 2.05) is 25.3 Å². The molecule has 2 rings (SSSR count). The van der Waals surface area contributed by atoms with Crippen molar-refractivity contribution in [2.45, 2.75) is 32.7 Å². The Morgan fingerprint density at radius 3 is 2.85 bits per heavy atom. The van der Waals surface area contributed by atoms with Crippen molar-refractivity contribution >= 4 is 0 Å². The van der Waals surface area contributed by atoms with Crippen LogP contribution in [0.15, 0.2) is 36.7 Å². The molecule has 2 aromatic rings. The predicted octanol–water partition coefficient (Wildman–Crippen LogP) is 3.09. The van der Waals surface area contributed by atoms with Crippen LogP contribution in [0.3, 0.4) is 0 Å². The van der Waals surface area contributed by atoms with Crippen LogP contribution in [0.5, 0.6) is 5.75 Å². The van der Waals surface area contributed by atoms with Gasteiger partial charge in [-0.05, 0) is 26.0 Å². The SMILES string of the molecule is CCCNC(Cc1ncc[nH]1)c1ccccc1OCC. The molecule has 4 nitrogen and oxygen atoms in total. The van der Waals surface area contributed by atoms with Crippen LogP contribution in [-0.4, -0.2) is 23.1 Å². The molecule has 0 fully saturated rings. The zero-order valence-electron chi connectivity index (χ0n) is 12.2. The average molecular weight is 273 g/mol. The van der Waals surface area contributed by atoms with E-state index < -0.39 is 0 Å². The lowest BCUT2D eigenvalue weighted by atomic mass is 10.0. The molecule has 108 valence electrons. The van der Waals surface area contributed by atoms with Crippen LogP contribution in [0.4, 0.5) is 0 Å². The number of hydrogen-bond donors (Lipinski definition) is 2. The summed E-state index contributed by atoms with van der Waals surface area (Å²) in [5, 5.41) is 3.58. The van der Waals surface area contributed by atoms with Crippen LogP contribution in [0.2, 0.25) is 0 Å². The monoisotopic (exact) mass is 273 g/mol. The number of aromatic nitrogens is 2. The second-order valence-corrected chi connectivity index (χ2v) is 4.72. The summed E-state index contributed by atoms with van der Waals surface area (Å²) in [6.45, 7) is 5.84. The second kappa shape index (κ2) is 7.70. The lowest BCUT2D eigenvalue weighted by Gasteiger charge is -2.21. The van der Waals surface area contributed by atoms with Crippen molar-refractivity contribution in [1.82, 2.24) is 15.3 Å². The molecule has 1 atom stereocenters. The zero-order valence-corrected chi connectivity index (χ0v) is 12.2. The molecule has 0 amide bonds. The van der Waals surface area contributed by atoms with E-state index in [1.165, 1.54) is 5.56 Å².